The molecule has 196 valence electrons. The molecule has 4 rings (SSSR count). The van der Waals surface area contributed by atoms with Crippen LogP contribution >= 0.6 is 0 Å². The predicted octanol–water partition coefficient (Wildman–Crippen LogP) is 3.46. The molecule has 0 unspecified atom stereocenters. The molecule has 0 aromatic heterocycles. The highest BCUT2D eigenvalue weighted by Crippen LogP contribution is 2.31. The highest BCUT2D eigenvalue weighted by Gasteiger charge is 2.30. The third kappa shape index (κ3) is 5.29. The van der Waals surface area contributed by atoms with Crippen molar-refractivity contribution in [2.24, 2.45) is 5.92 Å². The number of nitrogens with one attached hydrogen (secondary N) is 1. The van der Waals surface area contributed by atoms with Crippen molar-refractivity contribution in [3.63, 3.8) is 0 Å². The van der Waals surface area contributed by atoms with E-state index in [2.05, 4.69) is 12.2 Å². The molecule has 9 nitrogen and oxygen atoms in total. The van der Waals surface area contributed by atoms with Gasteiger partial charge in [-0.05, 0) is 74.4 Å². The maximum Gasteiger partial charge on any atom is 0.256 e. The standard InChI is InChI=1S/C25H33N3O6S2/c1-18-10-14-28(15-11-18)35(30,31)20-7-6-19(2)22(16-20)25(29)26-23-17-21(8-9-24(23)34-3)36(32,33)27-12-4-5-13-27/h6-9,16-18H,4-5,10-15H2,1-3H3,(H,26,29). The van der Waals surface area contributed by atoms with Crippen molar-refractivity contribution in [1.82, 2.24) is 8.61 Å². The van der Waals surface area contributed by atoms with E-state index in [0.717, 1.165) is 25.7 Å². The van der Waals surface area contributed by atoms with Crippen LogP contribution in [0, 0.1) is 12.8 Å². The fourth-order valence-electron chi connectivity index (χ4n) is 4.59. The highest BCUT2D eigenvalue weighted by molar-refractivity contribution is 7.89. The van der Waals surface area contributed by atoms with Crippen molar-refractivity contribution in [1.29, 1.82) is 0 Å². The van der Waals surface area contributed by atoms with Crippen LogP contribution in [0.25, 0.3) is 0 Å². The topological polar surface area (TPSA) is 113 Å². The second-order valence-electron chi connectivity index (χ2n) is 9.49. The quantitative estimate of drug-likeness (QED) is 0.581. The van der Waals surface area contributed by atoms with Gasteiger partial charge in [0.2, 0.25) is 20.0 Å². The van der Waals surface area contributed by atoms with Gasteiger partial charge in [0.1, 0.15) is 5.75 Å². The van der Waals surface area contributed by atoms with Crippen LogP contribution in [0.4, 0.5) is 5.69 Å². The van der Waals surface area contributed by atoms with Gasteiger partial charge < -0.3 is 10.1 Å². The first-order valence-electron chi connectivity index (χ1n) is 12.1. The van der Waals surface area contributed by atoms with E-state index in [1.165, 1.54) is 46.1 Å². The molecule has 2 aliphatic rings. The molecule has 0 saturated carbocycles. The number of anilines is 1. The Labute approximate surface area is 213 Å². The summed E-state index contributed by atoms with van der Waals surface area (Å²) in [5, 5.41) is 2.73. The molecule has 1 N–H and O–H groups in total. The zero-order chi connectivity index (χ0) is 26.1. The number of rotatable bonds is 7. The predicted molar refractivity (Wildman–Crippen MR) is 137 cm³/mol. The number of methoxy groups -OCH3 is 1. The lowest BCUT2D eigenvalue weighted by molar-refractivity contribution is 0.102. The number of aryl methyl sites for hydroxylation is 1. The van der Waals surface area contributed by atoms with Gasteiger partial charge in [0.05, 0.1) is 22.6 Å². The Balaban J connectivity index is 1.62. The molecule has 2 aliphatic heterocycles. The smallest absolute Gasteiger partial charge is 0.256 e. The van der Waals surface area contributed by atoms with E-state index in [9.17, 15) is 21.6 Å². The minimum absolute atomic E-state index is 0.0603. The maximum absolute atomic E-state index is 13.3. The van der Waals surface area contributed by atoms with Gasteiger partial charge in [-0.1, -0.05) is 13.0 Å². The van der Waals surface area contributed by atoms with Crippen LogP contribution in [0.3, 0.4) is 0 Å². The molecule has 0 aliphatic carbocycles. The van der Waals surface area contributed by atoms with E-state index in [1.54, 1.807) is 13.0 Å². The lowest BCUT2D eigenvalue weighted by Gasteiger charge is -2.29. The number of carbonyl (C=O) groups is 1. The van der Waals surface area contributed by atoms with Crippen LogP contribution in [0.5, 0.6) is 5.75 Å². The van der Waals surface area contributed by atoms with Gasteiger partial charge in [-0.25, -0.2) is 16.8 Å². The fraction of sp³-hybridized carbons (Fsp3) is 0.480. The highest BCUT2D eigenvalue weighted by atomic mass is 32.2. The Morgan fingerprint density at radius 3 is 2.06 bits per heavy atom. The van der Waals surface area contributed by atoms with E-state index < -0.39 is 26.0 Å². The molecular weight excluding hydrogens is 502 g/mol. The molecule has 2 aromatic rings. The molecule has 2 heterocycles. The van der Waals surface area contributed by atoms with Crippen LogP contribution < -0.4 is 10.1 Å². The molecular formula is C25H33N3O6S2. The summed E-state index contributed by atoms with van der Waals surface area (Å²) in [6.45, 7) is 5.67. The van der Waals surface area contributed by atoms with E-state index >= 15 is 0 Å². The summed E-state index contributed by atoms with van der Waals surface area (Å²) in [7, 11) is -6.00. The van der Waals surface area contributed by atoms with Gasteiger partial charge in [0.25, 0.3) is 5.91 Å². The summed E-state index contributed by atoms with van der Waals surface area (Å²) >= 11 is 0. The summed E-state index contributed by atoms with van der Waals surface area (Å²) < 4.78 is 60.7. The van der Waals surface area contributed by atoms with Gasteiger partial charge in [0.15, 0.2) is 0 Å². The second kappa shape index (κ2) is 10.5. The number of ether oxygens (including phenoxy) is 1. The normalized spacial score (nSPS) is 18.3. The number of sulfonamides is 2. The number of benzene rings is 2. The summed E-state index contributed by atoms with van der Waals surface area (Å²) in [5.41, 5.74) is 0.982. The Bertz CT molecular complexity index is 1340. The Morgan fingerprint density at radius 1 is 0.889 bits per heavy atom. The SMILES string of the molecule is COc1ccc(S(=O)(=O)N2CCCC2)cc1NC(=O)c1cc(S(=O)(=O)N2CCC(C)CC2)ccc1C. The molecule has 2 fully saturated rings. The molecule has 2 aromatic carbocycles. The molecule has 0 bridgehead atoms. The first-order chi connectivity index (χ1) is 17.0. The van der Waals surface area contributed by atoms with Crippen molar-refractivity contribution >= 4 is 31.6 Å². The number of piperidine rings is 1. The van der Waals surface area contributed by atoms with Gasteiger partial charge in [-0.15, -0.1) is 0 Å². The lowest BCUT2D eigenvalue weighted by Crippen LogP contribution is -2.38. The van der Waals surface area contributed by atoms with Crippen molar-refractivity contribution in [2.75, 3.05) is 38.6 Å². The second-order valence-corrected chi connectivity index (χ2v) is 13.4. The zero-order valence-corrected chi connectivity index (χ0v) is 22.5. The Kier molecular flexibility index (Phi) is 7.75. The molecule has 36 heavy (non-hydrogen) atoms. The Hall–Kier alpha value is -2.47. The van der Waals surface area contributed by atoms with Crippen molar-refractivity contribution in [2.45, 2.75) is 49.3 Å². The summed E-state index contributed by atoms with van der Waals surface area (Å²) in [5.74, 6) is 0.231. The third-order valence-corrected chi connectivity index (χ3v) is 10.7. The molecule has 2 saturated heterocycles. The first kappa shape index (κ1) is 26.6. The van der Waals surface area contributed by atoms with Crippen molar-refractivity contribution < 1.29 is 26.4 Å². The number of amides is 1. The van der Waals surface area contributed by atoms with E-state index in [-0.39, 0.29) is 21.0 Å². The average Bonchev–Trinajstić information content (AvgIpc) is 3.40. The number of carbonyl (C=O) groups excluding carboxylic acids is 1. The number of nitrogens with zero attached hydrogens (tertiary/aromatic N) is 2. The van der Waals surface area contributed by atoms with E-state index in [1.807, 2.05) is 0 Å². The third-order valence-electron chi connectivity index (χ3n) is 6.96. The van der Waals surface area contributed by atoms with E-state index in [4.69, 9.17) is 4.74 Å². The van der Waals surface area contributed by atoms with Crippen LogP contribution in [-0.4, -0.2) is 64.6 Å². The number of hydrogen-bond donors (Lipinski definition) is 1. The summed E-state index contributed by atoms with van der Waals surface area (Å²) in [6.07, 6.45) is 3.23. The summed E-state index contributed by atoms with van der Waals surface area (Å²) in [4.78, 5) is 13.4. The van der Waals surface area contributed by atoms with Gasteiger partial charge in [-0.2, -0.15) is 8.61 Å². The first-order valence-corrected chi connectivity index (χ1v) is 15.0. The maximum atomic E-state index is 13.3. The molecule has 0 radical (unpaired) electrons. The van der Waals surface area contributed by atoms with Crippen LogP contribution in [0.15, 0.2) is 46.2 Å². The average molecular weight is 536 g/mol. The fourth-order valence-corrected chi connectivity index (χ4v) is 7.63. The van der Waals surface area contributed by atoms with Crippen LogP contribution in [0.1, 0.15) is 48.5 Å². The molecule has 0 atom stereocenters. The Morgan fingerprint density at radius 2 is 1.44 bits per heavy atom. The lowest BCUT2D eigenvalue weighted by atomic mass is 10.0. The number of hydrogen-bond acceptors (Lipinski definition) is 6. The van der Waals surface area contributed by atoms with Crippen molar-refractivity contribution in [3.05, 3.63) is 47.5 Å². The van der Waals surface area contributed by atoms with Crippen molar-refractivity contribution in [3.8, 4) is 5.75 Å². The molecule has 11 heteroatoms. The van der Waals surface area contributed by atoms with Gasteiger partial charge >= 0.3 is 0 Å². The minimum atomic E-state index is -3.74. The van der Waals surface area contributed by atoms with Crippen LogP contribution in [0.2, 0.25) is 0 Å². The van der Waals surface area contributed by atoms with E-state index in [0.29, 0.717) is 43.4 Å². The van der Waals surface area contributed by atoms with Gasteiger partial charge in [0, 0.05) is 31.7 Å². The monoisotopic (exact) mass is 535 g/mol. The zero-order valence-electron chi connectivity index (χ0n) is 20.9. The minimum Gasteiger partial charge on any atom is -0.495 e. The molecule has 1 amide bonds. The van der Waals surface area contributed by atoms with Gasteiger partial charge in [-0.3, -0.25) is 4.79 Å². The van der Waals surface area contributed by atoms with Crippen LogP contribution in [-0.2, 0) is 20.0 Å². The molecule has 0 spiro atoms. The summed E-state index contributed by atoms with van der Waals surface area (Å²) in [6, 6.07) is 8.86. The largest absolute Gasteiger partial charge is 0.495 e.